The van der Waals surface area contributed by atoms with E-state index >= 15 is 0 Å². The van der Waals surface area contributed by atoms with E-state index in [9.17, 15) is 9.59 Å². The van der Waals surface area contributed by atoms with Gasteiger partial charge in [-0.1, -0.05) is 30.3 Å². The van der Waals surface area contributed by atoms with Crippen LogP contribution in [0.25, 0.3) is 0 Å². The Kier molecular flexibility index (Phi) is 8.62. The third kappa shape index (κ3) is 6.70. The molecular formula is C18H29ClN6O2S. The quantitative estimate of drug-likeness (QED) is 0.393. The third-order valence-corrected chi connectivity index (χ3v) is 5.23. The molecule has 2 rings (SSSR count). The van der Waals surface area contributed by atoms with Crippen molar-refractivity contribution in [3.63, 3.8) is 0 Å². The standard InChI is InChI=1S/C18H29ClN6O2S/c1-5-6-20-16(26)11-28-17-22-14(19)9-15(23-17)24-7-8-25(13(4)10-24)18(27)21-12(2)3/h9,12-13H,5-8,10-11H2,1-4H3,(H,20,26)(H,21,27)/t13-/m0/s1. The first-order valence-corrected chi connectivity index (χ1v) is 10.9. The highest BCUT2D eigenvalue weighted by molar-refractivity contribution is 7.99. The van der Waals surface area contributed by atoms with Crippen LogP contribution in [0, 0.1) is 0 Å². The van der Waals surface area contributed by atoms with Crippen LogP contribution in [0.5, 0.6) is 0 Å². The normalized spacial score (nSPS) is 17.0. The van der Waals surface area contributed by atoms with Gasteiger partial charge in [0, 0.05) is 44.3 Å². The number of nitrogens with one attached hydrogen (secondary N) is 2. The zero-order valence-electron chi connectivity index (χ0n) is 16.9. The smallest absolute Gasteiger partial charge is 0.317 e. The van der Waals surface area contributed by atoms with Crippen LogP contribution in [-0.2, 0) is 4.79 Å². The third-order valence-electron chi connectivity index (χ3n) is 4.19. The van der Waals surface area contributed by atoms with Crippen LogP contribution in [0.15, 0.2) is 11.2 Å². The summed E-state index contributed by atoms with van der Waals surface area (Å²) in [6.07, 6.45) is 0.896. The van der Waals surface area contributed by atoms with Gasteiger partial charge in [-0.25, -0.2) is 14.8 Å². The summed E-state index contributed by atoms with van der Waals surface area (Å²) in [6.45, 7) is 10.5. The zero-order valence-corrected chi connectivity index (χ0v) is 18.4. The van der Waals surface area contributed by atoms with Crippen molar-refractivity contribution in [1.29, 1.82) is 0 Å². The molecule has 0 saturated carbocycles. The Labute approximate surface area is 175 Å². The fourth-order valence-electron chi connectivity index (χ4n) is 2.85. The lowest BCUT2D eigenvalue weighted by Crippen LogP contribution is -2.57. The number of carbonyl (C=O) groups excluding carboxylic acids is 2. The van der Waals surface area contributed by atoms with E-state index in [2.05, 4.69) is 25.5 Å². The van der Waals surface area contributed by atoms with Gasteiger partial charge in [-0.2, -0.15) is 0 Å². The second-order valence-electron chi connectivity index (χ2n) is 7.06. The van der Waals surface area contributed by atoms with Gasteiger partial charge in [-0.05, 0) is 27.2 Å². The van der Waals surface area contributed by atoms with Crippen molar-refractivity contribution in [2.24, 2.45) is 0 Å². The van der Waals surface area contributed by atoms with E-state index in [0.717, 1.165) is 6.42 Å². The molecule has 1 atom stereocenters. The summed E-state index contributed by atoms with van der Waals surface area (Å²) < 4.78 is 0. The number of urea groups is 1. The molecule has 1 aromatic heterocycles. The van der Waals surface area contributed by atoms with Gasteiger partial charge in [-0.15, -0.1) is 0 Å². The molecule has 0 bridgehead atoms. The highest BCUT2D eigenvalue weighted by Gasteiger charge is 2.28. The minimum absolute atomic E-state index is 0.0390. The first-order valence-electron chi connectivity index (χ1n) is 9.56. The summed E-state index contributed by atoms with van der Waals surface area (Å²) >= 11 is 7.44. The van der Waals surface area contributed by atoms with Gasteiger partial charge in [-0.3, -0.25) is 4.79 Å². The second-order valence-corrected chi connectivity index (χ2v) is 8.39. The van der Waals surface area contributed by atoms with Crippen molar-refractivity contribution in [2.45, 2.75) is 51.4 Å². The van der Waals surface area contributed by atoms with Gasteiger partial charge in [0.15, 0.2) is 5.16 Å². The number of nitrogens with zero attached hydrogens (tertiary/aromatic N) is 4. The zero-order chi connectivity index (χ0) is 20.7. The van der Waals surface area contributed by atoms with Crippen LogP contribution in [0.2, 0.25) is 5.15 Å². The van der Waals surface area contributed by atoms with Crippen molar-refractivity contribution in [1.82, 2.24) is 25.5 Å². The fraction of sp³-hybridized carbons (Fsp3) is 0.667. The van der Waals surface area contributed by atoms with Crippen LogP contribution in [0.3, 0.4) is 0 Å². The summed E-state index contributed by atoms with van der Waals surface area (Å²) in [5.41, 5.74) is 0. The molecule has 2 N–H and O–H groups in total. The minimum atomic E-state index is -0.0459. The maximum Gasteiger partial charge on any atom is 0.317 e. The summed E-state index contributed by atoms with van der Waals surface area (Å²) in [7, 11) is 0. The molecule has 0 radical (unpaired) electrons. The van der Waals surface area contributed by atoms with Crippen molar-refractivity contribution in [3.05, 3.63) is 11.2 Å². The van der Waals surface area contributed by atoms with Crippen molar-refractivity contribution in [2.75, 3.05) is 36.8 Å². The molecule has 28 heavy (non-hydrogen) atoms. The Hall–Kier alpha value is -1.74. The van der Waals surface area contributed by atoms with Crippen molar-refractivity contribution in [3.8, 4) is 0 Å². The largest absolute Gasteiger partial charge is 0.355 e. The van der Waals surface area contributed by atoms with Crippen LogP contribution >= 0.6 is 23.4 Å². The Morgan fingerprint density at radius 3 is 2.75 bits per heavy atom. The van der Waals surface area contributed by atoms with Gasteiger partial charge >= 0.3 is 6.03 Å². The van der Waals surface area contributed by atoms with Crippen molar-refractivity contribution < 1.29 is 9.59 Å². The first-order chi connectivity index (χ1) is 13.3. The number of amides is 3. The molecular weight excluding hydrogens is 400 g/mol. The SMILES string of the molecule is CCCNC(=O)CSc1nc(Cl)cc(N2CCN(C(=O)NC(C)C)[C@@H](C)C2)n1. The van der Waals surface area contributed by atoms with E-state index < -0.39 is 0 Å². The van der Waals surface area contributed by atoms with E-state index in [4.69, 9.17) is 11.6 Å². The van der Waals surface area contributed by atoms with E-state index in [1.54, 1.807) is 6.07 Å². The maximum absolute atomic E-state index is 12.3. The van der Waals surface area contributed by atoms with Gasteiger partial charge in [0.05, 0.1) is 5.75 Å². The lowest BCUT2D eigenvalue weighted by Gasteiger charge is -2.40. The number of halogens is 1. The molecule has 1 aliphatic heterocycles. The molecule has 0 unspecified atom stereocenters. The molecule has 2 heterocycles. The Morgan fingerprint density at radius 1 is 1.36 bits per heavy atom. The molecule has 156 valence electrons. The molecule has 0 aromatic carbocycles. The molecule has 3 amide bonds. The van der Waals surface area contributed by atoms with E-state index in [1.165, 1.54) is 11.8 Å². The number of aromatic nitrogens is 2. The Morgan fingerprint density at radius 2 is 2.11 bits per heavy atom. The number of piperazine rings is 1. The lowest BCUT2D eigenvalue weighted by molar-refractivity contribution is -0.118. The molecule has 10 heteroatoms. The first kappa shape index (κ1) is 22.5. The summed E-state index contributed by atoms with van der Waals surface area (Å²) in [4.78, 5) is 36.8. The summed E-state index contributed by atoms with van der Waals surface area (Å²) in [5.74, 6) is 0.918. The monoisotopic (exact) mass is 428 g/mol. The average Bonchev–Trinajstić information content (AvgIpc) is 2.63. The molecule has 1 saturated heterocycles. The average molecular weight is 429 g/mol. The second kappa shape index (κ2) is 10.7. The van der Waals surface area contributed by atoms with E-state index in [0.29, 0.717) is 42.3 Å². The minimum Gasteiger partial charge on any atom is -0.355 e. The number of carbonyl (C=O) groups is 2. The fourth-order valence-corrected chi connectivity index (χ4v) is 3.77. The Bertz CT molecular complexity index is 690. The van der Waals surface area contributed by atoms with Crippen molar-refractivity contribution >= 4 is 41.1 Å². The summed E-state index contributed by atoms with van der Waals surface area (Å²) in [5, 5.41) is 6.58. The summed E-state index contributed by atoms with van der Waals surface area (Å²) in [6, 6.07) is 1.82. The number of rotatable bonds is 7. The number of anilines is 1. The number of hydrogen-bond donors (Lipinski definition) is 2. The molecule has 8 nitrogen and oxygen atoms in total. The molecule has 1 aromatic rings. The predicted molar refractivity (Wildman–Crippen MR) is 113 cm³/mol. The van der Waals surface area contributed by atoms with Crippen LogP contribution in [-0.4, -0.2) is 70.8 Å². The molecule has 1 aliphatic rings. The number of hydrogen-bond acceptors (Lipinski definition) is 6. The van der Waals surface area contributed by atoms with E-state index in [-0.39, 0.29) is 29.8 Å². The van der Waals surface area contributed by atoms with Crippen LogP contribution < -0.4 is 15.5 Å². The lowest BCUT2D eigenvalue weighted by atomic mass is 10.2. The van der Waals surface area contributed by atoms with Crippen LogP contribution in [0.4, 0.5) is 10.6 Å². The molecule has 0 aliphatic carbocycles. The highest BCUT2D eigenvalue weighted by Crippen LogP contribution is 2.24. The predicted octanol–water partition coefficient (Wildman–Crippen LogP) is 2.38. The van der Waals surface area contributed by atoms with E-state index in [1.807, 2.05) is 32.6 Å². The number of thioether (sulfide) groups is 1. The van der Waals surface area contributed by atoms with Gasteiger partial charge < -0.3 is 20.4 Å². The molecule has 1 fully saturated rings. The Balaban J connectivity index is 1.99. The maximum atomic E-state index is 12.3. The van der Waals surface area contributed by atoms with Gasteiger partial charge in [0.1, 0.15) is 11.0 Å². The van der Waals surface area contributed by atoms with Gasteiger partial charge in [0.2, 0.25) is 5.91 Å². The topological polar surface area (TPSA) is 90.5 Å². The highest BCUT2D eigenvalue weighted by atomic mass is 35.5. The van der Waals surface area contributed by atoms with Gasteiger partial charge in [0.25, 0.3) is 0 Å². The van der Waals surface area contributed by atoms with Crippen LogP contribution in [0.1, 0.15) is 34.1 Å². The molecule has 0 spiro atoms.